The molecule has 17 heavy (non-hydrogen) atoms. The highest BCUT2D eigenvalue weighted by molar-refractivity contribution is 5.73. The highest BCUT2D eigenvalue weighted by atomic mass is 16.6. The van der Waals surface area contributed by atoms with E-state index in [1.54, 1.807) is 0 Å². The average Bonchev–Trinajstić information content (AvgIpc) is 2.94. The SMILES string of the molecule is CONC(=O)N[C@@H]1[C@H]2CCO[C@@H]2C12CCCC2. The van der Waals surface area contributed by atoms with Gasteiger partial charge in [-0.2, -0.15) is 0 Å². The summed E-state index contributed by atoms with van der Waals surface area (Å²) in [5.41, 5.74) is 2.55. The Hall–Kier alpha value is -0.810. The molecular weight excluding hydrogens is 220 g/mol. The summed E-state index contributed by atoms with van der Waals surface area (Å²) in [6, 6.07) is 0.0433. The molecule has 3 rings (SSSR count). The molecule has 2 aliphatic carbocycles. The van der Waals surface area contributed by atoms with E-state index in [1.807, 2.05) is 0 Å². The van der Waals surface area contributed by atoms with E-state index >= 15 is 0 Å². The molecule has 5 nitrogen and oxygen atoms in total. The quantitative estimate of drug-likeness (QED) is 0.713. The van der Waals surface area contributed by atoms with Gasteiger partial charge in [-0.05, 0) is 19.3 Å². The molecule has 5 heteroatoms. The number of hydroxylamine groups is 1. The number of hydrogen-bond acceptors (Lipinski definition) is 3. The van der Waals surface area contributed by atoms with Crippen LogP contribution in [0.5, 0.6) is 0 Å². The van der Waals surface area contributed by atoms with Gasteiger partial charge in [-0.1, -0.05) is 12.8 Å². The Bertz CT molecular complexity index is 315. The zero-order valence-corrected chi connectivity index (χ0v) is 10.2. The summed E-state index contributed by atoms with van der Waals surface area (Å²) in [4.78, 5) is 16.2. The van der Waals surface area contributed by atoms with Crippen molar-refractivity contribution in [2.75, 3.05) is 13.7 Å². The third kappa shape index (κ3) is 1.56. The van der Waals surface area contributed by atoms with E-state index < -0.39 is 0 Å². The maximum absolute atomic E-state index is 11.6. The summed E-state index contributed by atoms with van der Waals surface area (Å²) in [7, 11) is 1.45. The normalized spacial score (nSPS) is 37.6. The number of amides is 2. The van der Waals surface area contributed by atoms with Gasteiger partial charge >= 0.3 is 6.03 Å². The van der Waals surface area contributed by atoms with Crippen LogP contribution >= 0.6 is 0 Å². The molecule has 1 spiro atoms. The van der Waals surface area contributed by atoms with Gasteiger partial charge in [0.15, 0.2) is 0 Å². The molecule has 3 fully saturated rings. The Morgan fingerprint density at radius 3 is 2.88 bits per heavy atom. The molecule has 1 heterocycles. The molecule has 0 radical (unpaired) electrons. The van der Waals surface area contributed by atoms with Crippen molar-refractivity contribution >= 4 is 6.03 Å². The van der Waals surface area contributed by atoms with Gasteiger partial charge in [0.2, 0.25) is 0 Å². The predicted octanol–water partition coefficient (Wildman–Crippen LogP) is 1.19. The first-order valence-corrected chi connectivity index (χ1v) is 6.49. The van der Waals surface area contributed by atoms with Gasteiger partial charge in [-0.3, -0.25) is 4.84 Å². The van der Waals surface area contributed by atoms with Crippen molar-refractivity contribution in [3.63, 3.8) is 0 Å². The van der Waals surface area contributed by atoms with Crippen molar-refractivity contribution in [1.29, 1.82) is 0 Å². The zero-order valence-electron chi connectivity index (χ0n) is 10.2. The summed E-state index contributed by atoms with van der Waals surface area (Å²) in [6.45, 7) is 0.848. The number of hydrogen-bond donors (Lipinski definition) is 2. The van der Waals surface area contributed by atoms with Crippen LogP contribution in [-0.4, -0.2) is 31.9 Å². The lowest BCUT2D eigenvalue weighted by Crippen LogP contribution is -2.69. The monoisotopic (exact) mass is 240 g/mol. The predicted molar refractivity (Wildman–Crippen MR) is 61.2 cm³/mol. The van der Waals surface area contributed by atoms with Crippen LogP contribution in [0.25, 0.3) is 0 Å². The second kappa shape index (κ2) is 4.14. The van der Waals surface area contributed by atoms with Crippen LogP contribution in [0.2, 0.25) is 0 Å². The van der Waals surface area contributed by atoms with Crippen LogP contribution in [0, 0.1) is 11.3 Å². The van der Waals surface area contributed by atoms with E-state index in [4.69, 9.17) is 4.74 Å². The van der Waals surface area contributed by atoms with E-state index in [0.717, 1.165) is 13.0 Å². The number of fused-ring (bicyclic) bond motifs is 2. The van der Waals surface area contributed by atoms with Gasteiger partial charge in [0.05, 0.1) is 13.2 Å². The fourth-order valence-electron chi connectivity index (χ4n) is 4.17. The fourth-order valence-corrected chi connectivity index (χ4v) is 4.17. The molecule has 96 valence electrons. The molecule has 2 N–H and O–H groups in total. The van der Waals surface area contributed by atoms with E-state index in [1.165, 1.54) is 32.8 Å². The Morgan fingerprint density at radius 2 is 2.18 bits per heavy atom. The van der Waals surface area contributed by atoms with Crippen LogP contribution in [0.4, 0.5) is 4.79 Å². The van der Waals surface area contributed by atoms with Crippen LogP contribution in [0.3, 0.4) is 0 Å². The van der Waals surface area contributed by atoms with Crippen molar-refractivity contribution in [2.24, 2.45) is 11.3 Å². The van der Waals surface area contributed by atoms with Crippen LogP contribution < -0.4 is 10.8 Å². The first kappa shape index (κ1) is 11.3. The first-order chi connectivity index (χ1) is 8.28. The molecule has 2 saturated carbocycles. The summed E-state index contributed by atoms with van der Waals surface area (Å²) >= 11 is 0. The highest BCUT2D eigenvalue weighted by Crippen LogP contribution is 2.60. The van der Waals surface area contributed by atoms with Crippen molar-refractivity contribution in [3.05, 3.63) is 0 Å². The van der Waals surface area contributed by atoms with E-state index in [0.29, 0.717) is 12.0 Å². The molecule has 0 unspecified atom stereocenters. The Kier molecular flexibility index (Phi) is 2.75. The summed E-state index contributed by atoms with van der Waals surface area (Å²) < 4.78 is 5.86. The summed E-state index contributed by atoms with van der Waals surface area (Å²) in [5, 5.41) is 3.07. The van der Waals surface area contributed by atoms with E-state index in [2.05, 4.69) is 15.6 Å². The first-order valence-electron chi connectivity index (χ1n) is 6.49. The number of ether oxygens (including phenoxy) is 1. The van der Waals surface area contributed by atoms with Crippen molar-refractivity contribution in [3.8, 4) is 0 Å². The minimum Gasteiger partial charge on any atom is -0.377 e. The third-order valence-electron chi connectivity index (χ3n) is 4.77. The molecule has 1 saturated heterocycles. The maximum atomic E-state index is 11.6. The Labute approximate surface area is 101 Å². The van der Waals surface area contributed by atoms with Gasteiger partial charge < -0.3 is 10.1 Å². The van der Waals surface area contributed by atoms with Gasteiger partial charge in [-0.15, -0.1) is 0 Å². The van der Waals surface area contributed by atoms with Crippen LogP contribution in [0.1, 0.15) is 32.1 Å². The third-order valence-corrected chi connectivity index (χ3v) is 4.77. The molecule has 0 aromatic rings. The molecule has 0 aromatic heterocycles. The van der Waals surface area contributed by atoms with Crippen molar-refractivity contribution in [2.45, 2.75) is 44.2 Å². The molecule has 0 aromatic carbocycles. The molecular formula is C12H20N2O3. The number of urea groups is 1. The molecule has 2 amide bonds. The van der Waals surface area contributed by atoms with E-state index in [-0.39, 0.29) is 17.5 Å². The fraction of sp³-hybridized carbons (Fsp3) is 0.917. The van der Waals surface area contributed by atoms with Gasteiger partial charge in [0.1, 0.15) is 0 Å². The number of rotatable bonds is 2. The van der Waals surface area contributed by atoms with E-state index in [9.17, 15) is 4.79 Å². The minimum absolute atomic E-state index is 0.215. The molecule has 0 bridgehead atoms. The Morgan fingerprint density at radius 1 is 1.41 bits per heavy atom. The van der Waals surface area contributed by atoms with Gasteiger partial charge in [0.25, 0.3) is 0 Å². The number of carbonyl (C=O) groups excluding carboxylic acids is 1. The number of nitrogens with one attached hydrogen (secondary N) is 2. The summed E-state index contributed by atoms with van der Waals surface area (Å²) in [5.74, 6) is 0.510. The minimum atomic E-state index is -0.228. The second-order valence-electron chi connectivity index (χ2n) is 5.44. The smallest absolute Gasteiger partial charge is 0.338 e. The number of carbonyl (C=O) groups is 1. The van der Waals surface area contributed by atoms with Gasteiger partial charge in [0, 0.05) is 24.0 Å². The maximum Gasteiger partial charge on any atom is 0.338 e. The van der Waals surface area contributed by atoms with Crippen molar-refractivity contribution in [1.82, 2.24) is 10.8 Å². The molecule has 3 aliphatic rings. The summed E-state index contributed by atoms with van der Waals surface area (Å²) in [6.07, 6.45) is 6.35. The molecule has 1 aliphatic heterocycles. The standard InChI is InChI=1S/C12H20N2O3/c1-16-14-11(15)13-9-8-4-7-17-10(8)12(9)5-2-3-6-12/h8-10H,2-7H2,1H3,(H2,13,14,15)/t8-,9-,10+/m1/s1. The largest absolute Gasteiger partial charge is 0.377 e. The van der Waals surface area contributed by atoms with Crippen LogP contribution in [-0.2, 0) is 9.57 Å². The zero-order chi connectivity index (χ0) is 11.9. The topological polar surface area (TPSA) is 59.6 Å². The van der Waals surface area contributed by atoms with Crippen LogP contribution in [0.15, 0.2) is 0 Å². The second-order valence-corrected chi connectivity index (χ2v) is 5.44. The Balaban J connectivity index is 1.71. The lowest BCUT2D eigenvalue weighted by Gasteiger charge is -2.56. The average molecular weight is 240 g/mol. The highest BCUT2D eigenvalue weighted by Gasteiger charge is 2.65. The molecule has 3 atom stereocenters. The van der Waals surface area contributed by atoms with Crippen molar-refractivity contribution < 1.29 is 14.4 Å². The lowest BCUT2D eigenvalue weighted by atomic mass is 9.54. The lowest BCUT2D eigenvalue weighted by molar-refractivity contribution is -0.127. The van der Waals surface area contributed by atoms with Gasteiger partial charge in [-0.25, -0.2) is 10.3 Å².